The lowest BCUT2D eigenvalue weighted by molar-refractivity contribution is -0.151. The van der Waals surface area contributed by atoms with Gasteiger partial charge >= 0.3 is 5.97 Å². The van der Waals surface area contributed by atoms with Gasteiger partial charge in [-0.25, -0.2) is 0 Å². The second-order valence-electron chi connectivity index (χ2n) is 6.41. The fraction of sp³-hybridized carbons (Fsp3) is 0.588. The van der Waals surface area contributed by atoms with Gasteiger partial charge in [-0.3, -0.25) is 9.69 Å². The molecule has 21 heavy (non-hydrogen) atoms. The van der Waals surface area contributed by atoms with E-state index in [1.807, 2.05) is 7.05 Å². The highest BCUT2D eigenvalue weighted by molar-refractivity contribution is 5.75. The van der Waals surface area contributed by atoms with Crippen molar-refractivity contribution in [3.05, 3.63) is 35.4 Å². The number of benzene rings is 1. The highest BCUT2D eigenvalue weighted by Crippen LogP contribution is 2.46. The van der Waals surface area contributed by atoms with Crippen molar-refractivity contribution >= 4 is 5.97 Å². The first-order valence-electron chi connectivity index (χ1n) is 7.57. The lowest BCUT2D eigenvalue weighted by Crippen LogP contribution is -2.51. The molecular formula is C17H23NO3. The number of aliphatic hydroxyl groups is 1. The smallest absolute Gasteiger partial charge is 0.310 e. The predicted molar refractivity (Wildman–Crippen MR) is 80.0 cm³/mol. The number of likely N-dealkylation sites (N-methyl/N-ethyl adjacent to an activating group) is 1. The van der Waals surface area contributed by atoms with Crippen LogP contribution in [0.15, 0.2) is 24.3 Å². The molecule has 1 aromatic carbocycles. The van der Waals surface area contributed by atoms with Crippen LogP contribution in [0.2, 0.25) is 0 Å². The van der Waals surface area contributed by atoms with E-state index in [0.29, 0.717) is 6.04 Å². The van der Waals surface area contributed by atoms with Gasteiger partial charge in [0.15, 0.2) is 0 Å². The molecule has 0 aliphatic carbocycles. The van der Waals surface area contributed by atoms with Crippen molar-refractivity contribution in [1.82, 2.24) is 4.90 Å². The monoisotopic (exact) mass is 289 g/mol. The Kier molecular flexibility index (Phi) is 3.76. The molecule has 4 nitrogen and oxygen atoms in total. The molecule has 114 valence electrons. The van der Waals surface area contributed by atoms with Gasteiger partial charge in [0.2, 0.25) is 0 Å². The second kappa shape index (κ2) is 5.43. The molecule has 0 radical (unpaired) electrons. The van der Waals surface area contributed by atoms with Crippen LogP contribution >= 0.6 is 0 Å². The van der Waals surface area contributed by atoms with Crippen LogP contribution in [0.4, 0.5) is 0 Å². The van der Waals surface area contributed by atoms with Crippen LogP contribution in [-0.4, -0.2) is 48.3 Å². The molecule has 2 fully saturated rings. The highest BCUT2D eigenvalue weighted by atomic mass is 16.5. The van der Waals surface area contributed by atoms with Crippen molar-refractivity contribution in [2.24, 2.45) is 5.92 Å². The van der Waals surface area contributed by atoms with Crippen LogP contribution in [0.3, 0.4) is 0 Å². The molecule has 2 aliphatic rings. The summed E-state index contributed by atoms with van der Waals surface area (Å²) >= 11 is 0. The number of esters is 1. The number of nitrogens with zero attached hydrogens (tertiary/aromatic N) is 1. The van der Waals surface area contributed by atoms with E-state index in [1.54, 1.807) is 0 Å². The van der Waals surface area contributed by atoms with Crippen LogP contribution in [0, 0.1) is 12.8 Å². The van der Waals surface area contributed by atoms with E-state index in [-0.39, 0.29) is 23.8 Å². The molecule has 3 rings (SSSR count). The predicted octanol–water partition coefficient (Wildman–Crippen LogP) is 1.71. The van der Waals surface area contributed by atoms with Gasteiger partial charge in [-0.1, -0.05) is 29.8 Å². The van der Waals surface area contributed by atoms with Crippen molar-refractivity contribution < 1.29 is 14.6 Å². The van der Waals surface area contributed by atoms with Crippen molar-refractivity contribution in [2.75, 3.05) is 14.2 Å². The van der Waals surface area contributed by atoms with Crippen LogP contribution in [0.25, 0.3) is 0 Å². The Morgan fingerprint density at radius 2 is 1.95 bits per heavy atom. The van der Waals surface area contributed by atoms with E-state index >= 15 is 0 Å². The van der Waals surface area contributed by atoms with Crippen molar-refractivity contribution in [1.29, 1.82) is 0 Å². The summed E-state index contributed by atoms with van der Waals surface area (Å²) < 4.78 is 5.04. The van der Waals surface area contributed by atoms with Crippen molar-refractivity contribution in [3.63, 3.8) is 0 Å². The molecule has 0 spiro atoms. The largest absolute Gasteiger partial charge is 0.469 e. The van der Waals surface area contributed by atoms with Gasteiger partial charge < -0.3 is 9.84 Å². The van der Waals surface area contributed by atoms with E-state index in [0.717, 1.165) is 12.8 Å². The summed E-state index contributed by atoms with van der Waals surface area (Å²) in [6, 6.07) is 8.58. The van der Waals surface area contributed by atoms with Gasteiger partial charge in [0.05, 0.1) is 19.1 Å². The summed E-state index contributed by atoms with van der Waals surface area (Å²) in [5.41, 5.74) is 2.39. The number of carbonyl (C=O) groups is 1. The molecular weight excluding hydrogens is 266 g/mol. The second-order valence-corrected chi connectivity index (χ2v) is 6.41. The van der Waals surface area contributed by atoms with Crippen molar-refractivity contribution in [3.8, 4) is 0 Å². The number of aliphatic hydroxyl groups excluding tert-OH is 1. The molecule has 5 atom stereocenters. The molecule has 2 saturated heterocycles. The Balaban J connectivity index is 1.98. The zero-order valence-corrected chi connectivity index (χ0v) is 12.8. The Hall–Kier alpha value is -1.39. The first-order valence-corrected chi connectivity index (χ1v) is 7.57. The maximum atomic E-state index is 12.3. The molecule has 2 bridgehead atoms. The van der Waals surface area contributed by atoms with Crippen LogP contribution in [-0.2, 0) is 9.53 Å². The molecule has 0 aromatic heterocycles. The minimum Gasteiger partial charge on any atom is -0.469 e. The molecule has 1 aromatic rings. The van der Waals surface area contributed by atoms with Crippen LogP contribution < -0.4 is 0 Å². The molecule has 4 heteroatoms. The van der Waals surface area contributed by atoms with Gasteiger partial charge in [0.25, 0.3) is 0 Å². The molecule has 0 amide bonds. The molecule has 2 heterocycles. The zero-order chi connectivity index (χ0) is 15.1. The van der Waals surface area contributed by atoms with Gasteiger partial charge in [-0.15, -0.1) is 0 Å². The Bertz CT molecular complexity index is 527. The quantitative estimate of drug-likeness (QED) is 0.842. The maximum Gasteiger partial charge on any atom is 0.310 e. The zero-order valence-electron chi connectivity index (χ0n) is 12.8. The summed E-state index contributed by atoms with van der Waals surface area (Å²) in [7, 11) is 3.44. The van der Waals surface area contributed by atoms with E-state index in [2.05, 4.69) is 36.1 Å². The van der Waals surface area contributed by atoms with E-state index in [1.165, 1.54) is 18.2 Å². The number of aryl methyl sites for hydroxylation is 1. The minimum atomic E-state index is -0.445. The number of rotatable bonds is 2. The number of hydrogen-bond acceptors (Lipinski definition) is 4. The Morgan fingerprint density at radius 3 is 2.57 bits per heavy atom. The number of fused-ring (bicyclic) bond motifs is 2. The van der Waals surface area contributed by atoms with Crippen LogP contribution in [0.5, 0.6) is 0 Å². The number of methoxy groups -OCH3 is 1. The van der Waals surface area contributed by atoms with Gasteiger partial charge in [-0.05, 0) is 32.4 Å². The Labute approximate surface area is 125 Å². The third kappa shape index (κ3) is 2.36. The average Bonchev–Trinajstić information content (AvgIpc) is 2.66. The lowest BCUT2D eigenvalue weighted by atomic mass is 9.76. The number of ether oxygens (including phenoxy) is 1. The summed E-state index contributed by atoms with van der Waals surface area (Å²) in [5.74, 6) is -0.380. The molecule has 0 unspecified atom stereocenters. The van der Waals surface area contributed by atoms with E-state index in [9.17, 15) is 9.90 Å². The molecule has 2 aliphatic heterocycles. The normalized spacial score (nSPS) is 35.7. The van der Waals surface area contributed by atoms with Crippen LogP contribution in [0.1, 0.15) is 29.9 Å². The summed E-state index contributed by atoms with van der Waals surface area (Å²) in [4.78, 5) is 14.5. The fourth-order valence-electron chi connectivity index (χ4n) is 4.13. The first-order chi connectivity index (χ1) is 10.0. The molecule has 0 saturated carbocycles. The number of carbonyl (C=O) groups excluding carboxylic acids is 1. The van der Waals surface area contributed by atoms with Gasteiger partial charge in [0.1, 0.15) is 0 Å². The van der Waals surface area contributed by atoms with Gasteiger partial charge in [-0.2, -0.15) is 0 Å². The highest BCUT2D eigenvalue weighted by Gasteiger charge is 2.53. The molecule has 1 N–H and O–H groups in total. The van der Waals surface area contributed by atoms with Crippen molar-refractivity contribution in [2.45, 2.75) is 43.9 Å². The summed E-state index contributed by atoms with van der Waals surface area (Å²) in [5, 5.41) is 10.3. The minimum absolute atomic E-state index is 0.126. The number of piperidine rings is 1. The maximum absolute atomic E-state index is 12.3. The lowest BCUT2D eigenvalue weighted by Gasteiger charge is -2.42. The SMILES string of the molecule is COC(=O)[C@H]1[C@H]2[C@H](O)C[C@@H](C[C@@H]1c1ccc(C)cc1)N2C. The fourth-order valence-corrected chi connectivity index (χ4v) is 4.13. The van der Waals surface area contributed by atoms with Gasteiger partial charge in [0, 0.05) is 18.0 Å². The van der Waals surface area contributed by atoms with E-state index in [4.69, 9.17) is 4.74 Å². The third-order valence-electron chi connectivity index (χ3n) is 5.26. The van der Waals surface area contributed by atoms with E-state index < -0.39 is 6.10 Å². The third-order valence-corrected chi connectivity index (χ3v) is 5.26. The average molecular weight is 289 g/mol. The first kappa shape index (κ1) is 14.5. The Morgan fingerprint density at radius 1 is 1.29 bits per heavy atom. The summed E-state index contributed by atoms with van der Waals surface area (Å²) in [6.45, 7) is 2.06. The standard InChI is InChI=1S/C17H23NO3/c1-10-4-6-11(7-5-10)13-8-12-9-14(19)16(18(12)2)15(13)17(20)21-3/h4-7,12-16,19H,8-9H2,1-3H3/t12-,13-,14-,15-,16-/m1/s1. The number of hydrogen-bond donors (Lipinski definition) is 1. The topological polar surface area (TPSA) is 49.8 Å². The summed E-state index contributed by atoms with van der Waals surface area (Å²) in [6.07, 6.45) is 1.20.